The molecule has 0 aromatic rings. The SMILES string of the molecule is CC(C)(C)OC(=O)N1C[C@H]2C[C@@H]1[C@H]2CC(=O)O. The molecule has 0 unspecified atom stereocenters. The van der Waals surface area contributed by atoms with Crippen molar-refractivity contribution in [1.29, 1.82) is 0 Å². The van der Waals surface area contributed by atoms with Crippen molar-refractivity contribution in [1.82, 2.24) is 4.90 Å². The average Bonchev–Trinajstić information content (AvgIpc) is 2.68. The van der Waals surface area contributed by atoms with Crippen molar-refractivity contribution in [2.75, 3.05) is 6.54 Å². The monoisotopic (exact) mass is 241 g/mol. The lowest BCUT2D eigenvalue weighted by Crippen LogP contribution is -2.43. The molecule has 0 spiro atoms. The molecule has 17 heavy (non-hydrogen) atoms. The lowest BCUT2D eigenvalue weighted by atomic mass is 9.72. The van der Waals surface area contributed by atoms with Gasteiger partial charge in [0.2, 0.25) is 0 Å². The maximum absolute atomic E-state index is 11.9. The van der Waals surface area contributed by atoms with E-state index >= 15 is 0 Å². The molecule has 3 rings (SSSR count). The van der Waals surface area contributed by atoms with Gasteiger partial charge in [0.15, 0.2) is 0 Å². The van der Waals surface area contributed by atoms with Gasteiger partial charge in [0.05, 0.1) is 6.42 Å². The second kappa shape index (κ2) is 3.89. The quantitative estimate of drug-likeness (QED) is 0.799. The van der Waals surface area contributed by atoms with Crippen LogP contribution in [0.2, 0.25) is 0 Å². The molecule has 0 aromatic heterocycles. The Balaban J connectivity index is 1.93. The molecule has 1 saturated carbocycles. The van der Waals surface area contributed by atoms with E-state index in [1.54, 1.807) is 4.90 Å². The first-order chi connectivity index (χ1) is 7.78. The van der Waals surface area contributed by atoms with Crippen LogP contribution in [-0.4, -0.2) is 40.3 Å². The molecule has 3 fully saturated rings. The minimum Gasteiger partial charge on any atom is -0.481 e. The number of amides is 1. The van der Waals surface area contributed by atoms with Gasteiger partial charge in [-0.05, 0) is 39.0 Å². The van der Waals surface area contributed by atoms with Crippen LogP contribution in [0.4, 0.5) is 4.79 Å². The minimum absolute atomic E-state index is 0.0750. The number of nitrogens with zero attached hydrogens (tertiary/aromatic N) is 1. The summed E-state index contributed by atoms with van der Waals surface area (Å²) in [6.07, 6.45) is 0.782. The summed E-state index contributed by atoms with van der Waals surface area (Å²) in [7, 11) is 0. The molecule has 3 atom stereocenters. The lowest BCUT2D eigenvalue weighted by molar-refractivity contribution is -0.139. The normalized spacial score (nSPS) is 31.0. The zero-order valence-corrected chi connectivity index (χ0v) is 10.5. The van der Waals surface area contributed by atoms with E-state index in [9.17, 15) is 9.59 Å². The summed E-state index contributed by atoms with van der Waals surface area (Å²) < 4.78 is 5.31. The summed E-state index contributed by atoms with van der Waals surface area (Å²) >= 11 is 0. The molecule has 2 heterocycles. The highest BCUT2D eigenvalue weighted by atomic mass is 16.6. The predicted octanol–water partition coefficient (Wildman–Crippen LogP) is 1.72. The van der Waals surface area contributed by atoms with Crippen molar-refractivity contribution in [2.24, 2.45) is 11.8 Å². The Morgan fingerprint density at radius 3 is 2.59 bits per heavy atom. The van der Waals surface area contributed by atoms with Crippen LogP contribution in [0.1, 0.15) is 33.6 Å². The van der Waals surface area contributed by atoms with Crippen LogP contribution in [0.15, 0.2) is 0 Å². The predicted molar refractivity (Wildman–Crippen MR) is 60.6 cm³/mol. The van der Waals surface area contributed by atoms with E-state index in [1.807, 2.05) is 20.8 Å². The number of hydrogen-bond donors (Lipinski definition) is 1. The van der Waals surface area contributed by atoms with Crippen molar-refractivity contribution >= 4 is 12.1 Å². The van der Waals surface area contributed by atoms with Gasteiger partial charge in [-0.15, -0.1) is 0 Å². The first-order valence-corrected chi connectivity index (χ1v) is 5.99. The first-order valence-electron chi connectivity index (χ1n) is 5.99. The van der Waals surface area contributed by atoms with E-state index in [-0.39, 0.29) is 24.5 Å². The van der Waals surface area contributed by atoms with Crippen LogP contribution in [0, 0.1) is 11.8 Å². The number of carboxylic acid groups (broad SMARTS) is 1. The molecule has 3 aliphatic rings. The van der Waals surface area contributed by atoms with Crippen LogP contribution in [0.3, 0.4) is 0 Å². The van der Waals surface area contributed by atoms with Gasteiger partial charge in [-0.1, -0.05) is 0 Å². The van der Waals surface area contributed by atoms with Gasteiger partial charge in [0.25, 0.3) is 0 Å². The molecule has 2 saturated heterocycles. The van der Waals surface area contributed by atoms with Crippen LogP contribution in [0.5, 0.6) is 0 Å². The van der Waals surface area contributed by atoms with Crippen LogP contribution in [0.25, 0.3) is 0 Å². The molecular weight excluding hydrogens is 222 g/mol. The third-order valence-corrected chi connectivity index (χ3v) is 3.51. The Morgan fingerprint density at radius 2 is 2.06 bits per heavy atom. The van der Waals surface area contributed by atoms with Gasteiger partial charge >= 0.3 is 12.1 Å². The van der Waals surface area contributed by atoms with Crippen LogP contribution >= 0.6 is 0 Å². The Hall–Kier alpha value is -1.26. The number of rotatable bonds is 2. The molecule has 0 aromatic carbocycles. The fourth-order valence-electron chi connectivity index (χ4n) is 2.77. The minimum atomic E-state index is -0.782. The number of ether oxygens (including phenoxy) is 1. The molecule has 2 bridgehead atoms. The van der Waals surface area contributed by atoms with Gasteiger partial charge in [0, 0.05) is 12.6 Å². The summed E-state index contributed by atoms with van der Waals surface area (Å²) in [5.74, 6) is -0.306. The van der Waals surface area contributed by atoms with E-state index in [0.29, 0.717) is 12.5 Å². The lowest BCUT2D eigenvalue weighted by Gasteiger charge is -2.35. The molecule has 2 aliphatic heterocycles. The Morgan fingerprint density at radius 1 is 1.41 bits per heavy atom. The molecule has 1 N–H and O–H groups in total. The third kappa shape index (κ3) is 2.37. The molecule has 96 valence electrons. The fraction of sp³-hybridized carbons (Fsp3) is 0.833. The number of aliphatic carboxylic acids is 1. The maximum atomic E-state index is 11.9. The smallest absolute Gasteiger partial charge is 0.410 e. The summed E-state index contributed by atoms with van der Waals surface area (Å²) in [6.45, 7) is 6.15. The highest BCUT2D eigenvalue weighted by molar-refractivity contribution is 5.71. The standard InChI is InChI=1S/C12H19NO4/c1-12(2,3)17-11(16)13-6-7-4-9(13)8(7)5-10(14)15/h7-9H,4-6H2,1-3H3,(H,14,15)/t7-,8+,9-/m1/s1. The van der Waals surface area contributed by atoms with E-state index in [2.05, 4.69) is 0 Å². The highest BCUT2D eigenvalue weighted by Gasteiger charge is 2.54. The van der Waals surface area contributed by atoms with Crippen molar-refractivity contribution in [2.45, 2.75) is 45.3 Å². The largest absolute Gasteiger partial charge is 0.481 e. The summed E-state index contributed by atoms with van der Waals surface area (Å²) in [6, 6.07) is 0.0750. The van der Waals surface area contributed by atoms with E-state index < -0.39 is 11.6 Å². The molecule has 5 nitrogen and oxygen atoms in total. The molecular formula is C12H19NO4. The summed E-state index contributed by atoms with van der Waals surface area (Å²) in [5.41, 5.74) is -0.494. The van der Waals surface area contributed by atoms with Gasteiger partial charge in [-0.3, -0.25) is 4.79 Å². The third-order valence-electron chi connectivity index (χ3n) is 3.51. The van der Waals surface area contributed by atoms with E-state index in [4.69, 9.17) is 9.84 Å². The average molecular weight is 241 g/mol. The fourth-order valence-corrected chi connectivity index (χ4v) is 2.77. The van der Waals surface area contributed by atoms with E-state index in [0.717, 1.165) is 6.42 Å². The van der Waals surface area contributed by atoms with Gasteiger partial charge in [-0.2, -0.15) is 0 Å². The van der Waals surface area contributed by atoms with Crippen LogP contribution < -0.4 is 0 Å². The van der Waals surface area contributed by atoms with Crippen molar-refractivity contribution in [3.8, 4) is 0 Å². The molecule has 1 aliphatic carbocycles. The topological polar surface area (TPSA) is 66.8 Å². The summed E-state index contributed by atoms with van der Waals surface area (Å²) in [4.78, 5) is 24.3. The van der Waals surface area contributed by atoms with Crippen molar-refractivity contribution in [3.63, 3.8) is 0 Å². The highest BCUT2D eigenvalue weighted by Crippen LogP contribution is 2.48. The number of hydrogen-bond acceptors (Lipinski definition) is 3. The van der Waals surface area contributed by atoms with Gasteiger partial charge < -0.3 is 14.7 Å². The molecule has 0 radical (unpaired) electrons. The Kier molecular flexibility index (Phi) is 2.79. The van der Waals surface area contributed by atoms with Crippen molar-refractivity contribution in [3.05, 3.63) is 0 Å². The van der Waals surface area contributed by atoms with Crippen molar-refractivity contribution < 1.29 is 19.4 Å². The number of carbonyl (C=O) groups excluding carboxylic acids is 1. The van der Waals surface area contributed by atoms with Gasteiger partial charge in [0.1, 0.15) is 5.60 Å². The van der Waals surface area contributed by atoms with E-state index in [1.165, 1.54) is 0 Å². The Bertz CT molecular complexity index is 347. The zero-order valence-electron chi connectivity index (χ0n) is 10.5. The van der Waals surface area contributed by atoms with Gasteiger partial charge in [-0.25, -0.2) is 4.79 Å². The maximum Gasteiger partial charge on any atom is 0.410 e. The van der Waals surface area contributed by atoms with Crippen LogP contribution in [-0.2, 0) is 9.53 Å². The zero-order chi connectivity index (χ0) is 12.8. The number of carbonyl (C=O) groups is 2. The molecule has 5 heteroatoms. The second-order valence-electron chi connectivity index (χ2n) is 5.96. The first kappa shape index (κ1) is 12.2. The number of fused-ring (bicyclic) bond motifs is 1. The second-order valence-corrected chi connectivity index (χ2v) is 5.96. The molecule has 1 amide bonds. The summed E-state index contributed by atoms with van der Waals surface area (Å²) in [5, 5.41) is 8.79. The Labute approximate surface area is 101 Å². The number of carboxylic acids is 1.